The number of nitrogens with one attached hydrogen (secondary N) is 1. The van der Waals surface area contributed by atoms with Crippen LogP contribution in [0.3, 0.4) is 0 Å². The van der Waals surface area contributed by atoms with E-state index < -0.39 is 0 Å². The van der Waals surface area contributed by atoms with Crippen molar-refractivity contribution < 1.29 is 4.42 Å². The average Bonchev–Trinajstić information content (AvgIpc) is 2.41. The molecule has 0 bridgehead atoms. The summed E-state index contributed by atoms with van der Waals surface area (Å²) in [5.41, 5.74) is 6.71. The average molecular weight is 182 g/mol. The Kier molecular flexibility index (Phi) is 3.51. The molecular formula is C10H18N2O. The number of furan rings is 1. The summed E-state index contributed by atoms with van der Waals surface area (Å²) in [6, 6.07) is 2.42. The first kappa shape index (κ1) is 10.3. The zero-order valence-corrected chi connectivity index (χ0v) is 8.55. The van der Waals surface area contributed by atoms with Gasteiger partial charge >= 0.3 is 0 Å². The smallest absolute Gasteiger partial charge is 0.105 e. The maximum Gasteiger partial charge on any atom is 0.105 e. The first-order valence-electron chi connectivity index (χ1n) is 4.63. The standard InChI is InChI=1S/C10H18N2O/c1-7(5-11)12-6-10-4-8(2)13-9(10)3/h4,7,12H,5-6,11H2,1-3H3. The lowest BCUT2D eigenvalue weighted by Gasteiger charge is -2.09. The van der Waals surface area contributed by atoms with Crippen molar-refractivity contribution in [2.45, 2.75) is 33.4 Å². The summed E-state index contributed by atoms with van der Waals surface area (Å²) in [6.07, 6.45) is 0. The highest BCUT2D eigenvalue weighted by atomic mass is 16.3. The molecule has 3 nitrogen and oxygen atoms in total. The van der Waals surface area contributed by atoms with Crippen molar-refractivity contribution in [1.82, 2.24) is 5.32 Å². The van der Waals surface area contributed by atoms with Crippen molar-refractivity contribution in [3.63, 3.8) is 0 Å². The van der Waals surface area contributed by atoms with Gasteiger partial charge in [-0.25, -0.2) is 0 Å². The predicted molar refractivity (Wildman–Crippen MR) is 53.5 cm³/mol. The van der Waals surface area contributed by atoms with Crippen LogP contribution in [0.1, 0.15) is 24.0 Å². The monoisotopic (exact) mass is 182 g/mol. The van der Waals surface area contributed by atoms with E-state index in [-0.39, 0.29) is 0 Å². The Morgan fingerprint density at radius 2 is 2.23 bits per heavy atom. The van der Waals surface area contributed by atoms with Crippen molar-refractivity contribution in [3.8, 4) is 0 Å². The molecule has 1 atom stereocenters. The molecule has 0 aliphatic carbocycles. The maximum absolute atomic E-state index is 5.49. The highest BCUT2D eigenvalue weighted by molar-refractivity contribution is 5.19. The second kappa shape index (κ2) is 4.44. The third-order valence-electron chi connectivity index (χ3n) is 2.14. The molecule has 0 saturated carbocycles. The van der Waals surface area contributed by atoms with E-state index in [0.29, 0.717) is 12.6 Å². The number of rotatable bonds is 4. The summed E-state index contributed by atoms with van der Waals surface area (Å²) in [5.74, 6) is 1.96. The van der Waals surface area contributed by atoms with Gasteiger partial charge in [-0.2, -0.15) is 0 Å². The molecule has 13 heavy (non-hydrogen) atoms. The highest BCUT2D eigenvalue weighted by Crippen LogP contribution is 2.13. The summed E-state index contributed by atoms with van der Waals surface area (Å²) >= 11 is 0. The van der Waals surface area contributed by atoms with E-state index in [9.17, 15) is 0 Å². The lowest BCUT2D eigenvalue weighted by Crippen LogP contribution is -2.32. The van der Waals surface area contributed by atoms with E-state index in [2.05, 4.69) is 18.3 Å². The summed E-state index contributed by atoms with van der Waals surface area (Å²) in [5, 5.41) is 3.32. The van der Waals surface area contributed by atoms with Crippen LogP contribution >= 0.6 is 0 Å². The summed E-state index contributed by atoms with van der Waals surface area (Å²) in [4.78, 5) is 0. The third-order valence-corrected chi connectivity index (χ3v) is 2.14. The van der Waals surface area contributed by atoms with Gasteiger partial charge in [-0.05, 0) is 26.8 Å². The first-order valence-corrected chi connectivity index (χ1v) is 4.63. The van der Waals surface area contributed by atoms with Crippen LogP contribution in [0, 0.1) is 13.8 Å². The van der Waals surface area contributed by atoms with E-state index in [1.54, 1.807) is 0 Å². The van der Waals surface area contributed by atoms with E-state index in [1.807, 2.05) is 13.8 Å². The quantitative estimate of drug-likeness (QED) is 0.738. The van der Waals surface area contributed by atoms with Crippen molar-refractivity contribution in [2.75, 3.05) is 6.54 Å². The molecule has 0 aliphatic rings. The highest BCUT2D eigenvalue weighted by Gasteiger charge is 2.05. The summed E-state index contributed by atoms with van der Waals surface area (Å²) < 4.78 is 5.41. The van der Waals surface area contributed by atoms with Gasteiger partial charge in [-0.3, -0.25) is 0 Å². The minimum Gasteiger partial charge on any atom is -0.466 e. The normalized spacial score (nSPS) is 13.2. The molecule has 0 aromatic carbocycles. The van der Waals surface area contributed by atoms with Crippen LogP contribution in [0.4, 0.5) is 0 Å². The van der Waals surface area contributed by atoms with Gasteiger partial charge in [0.05, 0.1) is 0 Å². The minimum atomic E-state index is 0.356. The molecule has 1 heterocycles. The fraction of sp³-hybridized carbons (Fsp3) is 0.600. The lowest BCUT2D eigenvalue weighted by molar-refractivity contribution is 0.494. The Bertz CT molecular complexity index is 268. The molecule has 0 amide bonds. The minimum absolute atomic E-state index is 0.356. The Morgan fingerprint density at radius 1 is 1.54 bits per heavy atom. The lowest BCUT2D eigenvalue weighted by atomic mass is 10.2. The summed E-state index contributed by atoms with van der Waals surface area (Å²) in [7, 11) is 0. The van der Waals surface area contributed by atoms with Crippen LogP contribution in [0.2, 0.25) is 0 Å². The van der Waals surface area contributed by atoms with Crippen molar-refractivity contribution in [2.24, 2.45) is 5.73 Å². The SMILES string of the molecule is Cc1cc(CNC(C)CN)c(C)o1. The van der Waals surface area contributed by atoms with Gasteiger partial charge in [0.1, 0.15) is 11.5 Å². The molecule has 0 fully saturated rings. The summed E-state index contributed by atoms with van der Waals surface area (Å²) in [6.45, 7) is 7.51. The Morgan fingerprint density at radius 3 is 2.69 bits per heavy atom. The number of aryl methyl sites for hydroxylation is 2. The zero-order chi connectivity index (χ0) is 9.84. The van der Waals surface area contributed by atoms with Gasteiger partial charge in [0.15, 0.2) is 0 Å². The zero-order valence-electron chi connectivity index (χ0n) is 8.55. The molecule has 1 rings (SSSR count). The van der Waals surface area contributed by atoms with E-state index in [1.165, 1.54) is 5.56 Å². The van der Waals surface area contributed by atoms with E-state index in [0.717, 1.165) is 18.1 Å². The van der Waals surface area contributed by atoms with Crippen LogP contribution < -0.4 is 11.1 Å². The third kappa shape index (κ3) is 2.86. The molecule has 1 unspecified atom stereocenters. The molecule has 0 radical (unpaired) electrons. The van der Waals surface area contributed by atoms with Crippen LogP contribution in [0.5, 0.6) is 0 Å². The Balaban J connectivity index is 2.49. The van der Waals surface area contributed by atoms with Gasteiger partial charge in [0.25, 0.3) is 0 Å². The van der Waals surface area contributed by atoms with Gasteiger partial charge in [-0.15, -0.1) is 0 Å². The molecule has 0 aliphatic heterocycles. The second-order valence-corrected chi connectivity index (χ2v) is 3.46. The van der Waals surface area contributed by atoms with Crippen LogP contribution in [-0.2, 0) is 6.54 Å². The largest absolute Gasteiger partial charge is 0.466 e. The van der Waals surface area contributed by atoms with Gasteiger partial charge in [-0.1, -0.05) is 0 Å². The van der Waals surface area contributed by atoms with Crippen molar-refractivity contribution >= 4 is 0 Å². The van der Waals surface area contributed by atoms with Gasteiger partial charge < -0.3 is 15.5 Å². The molecule has 3 heteroatoms. The number of hydrogen-bond acceptors (Lipinski definition) is 3. The fourth-order valence-corrected chi connectivity index (χ4v) is 1.23. The van der Waals surface area contributed by atoms with Crippen LogP contribution in [0.25, 0.3) is 0 Å². The topological polar surface area (TPSA) is 51.2 Å². The molecule has 0 spiro atoms. The fourth-order valence-electron chi connectivity index (χ4n) is 1.23. The van der Waals surface area contributed by atoms with E-state index >= 15 is 0 Å². The van der Waals surface area contributed by atoms with E-state index in [4.69, 9.17) is 10.2 Å². The van der Waals surface area contributed by atoms with Crippen molar-refractivity contribution in [1.29, 1.82) is 0 Å². The maximum atomic E-state index is 5.49. The van der Waals surface area contributed by atoms with Gasteiger partial charge in [0, 0.05) is 24.7 Å². The van der Waals surface area contributed by atoms with Crippen LogP contribution in [0.15, 0.2) is 10.5 Å². The first-order chi connectivity index (χ1) is 6.13. The predicted octanol–water partition coefficient (Wildman–Crippen LogP) is 1.33. The molecular weight excluding hydrogens is 164 g/mol. The Hall–Kier alpha value is -0.800. The second-order valence-electron chi connectivity index (χ2n) is 3.46. The Labute approximate surface area is 79.3 Å². The number of nitrogens with two attached hydrogens (primary N) is 1. The molecule has 1 aromatic rings. The van der Waals surface area contributed by atoms with Crippen LogP contribution in [-0.4, -0.2) is 12.6 Å². The van der Waals surface area contributed by atoms with Gasteiger partial charge in [0.2, 0.25) is 0 Å². The molecule has 74 valence electrons. The number of hydrogen-bond donors (Lipinski definition) is 2. The molecule has 1 aromatic heterocycles. The molecule has 0 saturated heterocycles. The molecule has 3 N–H and O–H groups in total. The van der Waals surface area contributed by atoms with Crippen molar-refractivity contribution in [3.05, 3.63) is 23.2 Å².